The number of thioether (sulfide) groups is 1. The second-order valence-corrected chi connectivity index (χ2v) is 6.40. The van der Waals surface area contributed by atoms with Gasteiger partial charge in [-0.2, -0.15) is 0 Å². The maximum absolute atomic E-state index is 11.8. The Hall–Kier alpha value is -1.46. The lowest BCUT2D eigenvalue weighted by Crippen LogP contribution is -2.11. The Labute approximate surface area is 119 Å². The molecule has 0 radical (unpaired) electrons. The fourth-order valence-electron chi connectivity index (χ4n) is 1.99. The van der Waals surface area contributed by atoms with E-state index >= 15 is 0 Å². The molecule has 1 aromatic heterocycles. The Morgan fingerprint density at radius 1 is 1.32 bits per heavy atom. The molecule has 3 rings (SSSR count). The molecular weight excluding hydrogens is 276 g/mol. The highest BCUT2D eigenvalue weighted by Gasteiger charge is 2.34. The van der Waals surface area contributed by atoms with Gasteiger partial charge in [-0.15, -0.1) is 23.1 Å². The van der Waals surface area contributed by atoms with Crippen LogP contribution in [0.25, 0.3) is 11.3 Å². The molecule has 2 aromatic rings. The Kier molecular flexibility index (Phi) is 3.24. The van der Waals surface area contributed by atoms with Gasteiger partial charge in [0.2, 0.25) is 0 Å². The van der Waals surface area contributed by atoms with E-state index in [1.165, 1.54) is 28.7 Å². The monoisotopic (exact) mass is 288 g/mol. The molecule has 0 bridgehead atoms. The summed E-state index contributed by atoms with van der Waals surface area (Å²) in [6.07, 6.45) is 0. The molecule has 5 heteroatoms. The zero-order valence-corrected chi connectivity index (χ0v) is 12.0. The van der Waals surface area contributed by atoms with Crippen molar-refractivity contribution in [3.63, 3.8) is 0 Å². The molecule has 1 N–H and O–H groups in total. The minimum Gasteiger partial charge on any atom is -0.298 e. The first-order chi connectivity index (χ1) is 9.15. The molecule has 0 aliphatic carbocycles. The Bertz CT molecular complexity index is 630. The van der Waals surface area contributed by atoms with Crippen LogP contribution in [0.15, 0.2) is 29.6 Å². The number of carbonyl (C=O) groups excluding carboxylic acids is 1. The molecule has 0 amide bonds. The first kappa shape index (κ1) is 12.6. The highest BCUT2D eigenvalue weighted by molar-refractivity contribution is 8.15. The van der Waals surface area contributed by atoms with Crippen LogP contribution in [0.3, 0.4) is 0 Å². The van der Waals surface area contributed by atoms with Gasteiger partial charge in [0.05, 0.1) is 16.5 Å². The van der Waals surface area contributed by atoms with Crippen LogP contribution in [0.2, 0.25) is 0 Å². The molecule has 0 saturated carbocycles. The quantitative estimate of drug-likeness (QED) is 0.920. The molecule has 19 heavy (non-hydrogen) atoms. The van der Waals surface area contributed by atoms with E-state index in [4.69, 9.17) is 5.41 Å². The number of Topliss-reactive ketones (excluding diaryl/α,β-unsaturated/α-hetero) is 1. The summed E-state index contributed by atoms with van der Waals surface area (Å²) >= 11 is 2.78. The number of carbonyl (C=O) groups is 1. The fraction of sp³-hybridized carbons (Fsp3) is 0.214. The van der Waals surface area contributed by atoms with Gasteiger partial charge < -0.3 is 0 Å². The van der Waals surface area contributed by atoms with E-state index < -0.39 is 5.92 Å². The topological polar surface area (TPSA) is 53.8 Å². The van der Waals surface area contributed by atoms with Crippen LogP contribution in [0.4, 0.5) is 0 Å². The van der Waals surface area contributed by atoms with Crippen molar-refractivity contribution in [2.75, 3.05) is 5.75 Å². The maximum atomic E-state index is 11.8. The third-order valence-corrected chi connectivity index (χ3v) is 4.96. The molecule has 1 aromatic carbocycles. The summed E-state index contributed by atoms with van der Waals surface area (Å²) < 4.78 is 0. The maximum Gasteiger partial charge on any atom is 0.159 e. The minimum atomic E-state index is -0.422. The largest absolute Gasteiger partial charge is 0.298 e. The zero-order chi connectivity index (χ0) is 13.4. The van der Waals surface area contributed by atoms with E-state index in [0.29, 0.717) is 10.8 Å². The van der Waals surface area contributed by atoms with E-state index in [-0.39, 0.29) is 5.78 Å². The minimum absolute atomic E-state index is 0.0970. The summed E-state index contributed by atoms with van der Waals surface area (Å²) in [5.74, 6) is 0.0807. The SMILES string of the molecule is Cc1ccc(-c2csc(C3C(=N)SCC3=O)n2)cc1. The average Bonchev–Trinajstić information content (AvgIpc) is 2.98. The number of aryl methyl sites for hydroxylation is 1. The Balaban J connectivity index is 1.93. The summed E-state index contributed by atoms with van der Waals surface area (Å²) in [5.41, 5.74) is 3.15. The van der Waals surface area contributed by atoms with Gasteiger partial charge in [-0.1, -0.05) is 29.8 Å². The van der Waals surface area contributed by atoms with Crippen molar-refractivity contribution < 1.29 is 4.79 Å². The van der Waals surface area contributed by atoms with Gasteiger partial charge in [0.15, 0.2) is 5.78 Å². The van der Waals surface area contributed by atoms with Crippen LogP contribution < -0.4 is 0 Å². The third-order valence-electron chi connectivity index (χ3n) is 3.07. The lowest BCUT2D eigenvalue weighted by Gasteiger charge is -2.02. The Morgan fingerprint density at radius 3 is 2.68 bits per heavy atom. The van der Waals surface area contributed by atoms with Gasteiger partial charge in [-0.05, 0) is 6.92 Å². The molecular formula is C14H12N2OS2. The summed E-state index contributed by atoms with van der Waals surface area (Å²) in [5, 5.41) is 11.0. The summed E-state index contributed by atoms with van der Waals surface area (Å²) in [4.78, 5) is 16.3. The molecule has 1 saturated heterocycles. The number of hydrogen-bond donors (Lipinski definition) is 1. The van der Waals surface area contributed by atoms with Gasteiger partial charge in [-0.25, -0.2) is 4.98 Å². The predicted molar refractivity (Wildman–Crippen MR) is 80.2 cm³/mol. The van der Waals surface area contributed by atoms with Gasteiger partial charge in [-0.3, -0.25) is 10.2 Å². The van der Waals surface area contributed by atoms with Crippen LogP contribution in [0.1, 0.15) is 16.5 Å². The van der Waals surface area contributed by atoms with E-state index in [1.54, 1.807) is 0 Å². The van der Waals surface area contributed by atoms with Gasteiger partial charge >= 0.3 is 0 Å². The molecule has 3 nitrogen and oxygen atoms in total. The lowest BCUT2D eigenvalue weighted by molar-refractivity contribution is -0.116. The van der Waals surface area contributed by atoms with E-state index in [2.05, 4.69) is 4.98 Å². The van der Waals surface area contributed by atoms with Crippen molar-refractivity contribution >= 4 is 33.9 Å². The first-order valence-corrected chi connectivity index (χ1v) is 7.78. The highest BCUT2D eigenvalue weighted by Crippen LogP contribution is 2.35. The molecule has 96 valence electrons. The molecule has 0 spiro atoms. The number of rotatable bonds is 2. The summed E-state index contributed by atoms with van der Waals surface area (Å²) in [6, 6.07) is 8.16. The van der Waals surface area contributed by atoms with Crippen LogP contribution >= 0.6 is 23.1 Å². The van der Waals surface area contributed by atoms with Crippen LogP contribution in [-0.2, 0) is 4.79 Å². The van der Waals surface area contributed by atoms with Crippen molar-refractivity contribution in [3.05, 3.63) is 40.2 Å². The van der Waals surface area contributed by atoms with Crippen molar-refractivity contribution in [1.82, 2.24) is 4.98 Å². The molecule has 1 aliphatic rings. The van der Waals surface area contributed by atoms with Gasteiger partial charge in [0.1, 0.15) is 10.9 Å². The third kappa shape index (κ3) is 2.35. The van der Waals surface area contributed by atoms with Crippen LogP contribution in [-0.4, -0.2) is 21.6 Å². The summed E-state index contributed by atoms with van der Waals surface area (Å²) in [6.45, 7) is 2.05. The van der Waals surface area contributed by atoms with Gasteiger partial charge in [0.25, 0.3) is 0 Å². The number of ketones is 1. The summed E-state index contributed by atoms with van der Waals surface area (Å²) in [7, 11) is 0. The number of nitrogens with one attached hydrogen (secondary N) is 1. The van der Waals surface area contributed by atoms with Gasteiger partial charge in [0, 0.05) is 10.9 Å². The molecule has 1 atom stereocenters. The van der Waals surface area contributed by atoms with Crippen molar-refractivity contribution in [2.24, 2.45) is 0 Å². The van der Waals surface area contributed by atoms with Crippen LogP contribution in [0.5, 0.6) is 0 Å². The van der Waals surface area contributed by atoms with E-state index in [9.17, 15) is 4.79 Å². The number of thiazole rings is 1. The number of benzene rings is 1. The first-order valence-electron chi connectivity index (χ1n) is 5.91. The molecule has 1 aliphatic heterocycles. The van der Waals surface area contributed by atoms with Crippen LogP contribution in [0, 0.1) is 12.3 Å². The Morgan fingerprint density at radius 2 is 2.05 bits per heavy atom. The number of aromatic nitrogens is 1. The van der Waals surface area contributed by atoms with Crippen molar-refractivity contribution in [2.45, 2.75) is 12.8 Å². The lowest BCUT2D eigenvalue weighted by atomic mass is 10.1. The smallest absolute Gasteiger partial charge is 0.159 e. The number of nitrogens with zero attached hydrogens (tertiary/aromatic N) is 1. The zero-order valence-electron chi connectivity index (χ0n) is 10.3. The van der Waals surface area contributed by atoms with Crippen molar-refractivity contribution in [3.8, 4) is 11.3 Å². The van der Waals surface area contributed by atoms with Crippen molar-refractivity contribution in [1.29, 1.82) is 5.41 Å². The number of hydrogen-bond acceptors (Lipinski definition) is 5. The normalized spacial score (nSPS) is 19.1. The second-order valence-electron chi connectivity index (χ2n) is 4.49. The predicted octanol–water partition coefficient (Wildman–Crippen LogP) is 3.50. The highest BCUT2D eigenvalue weighted by atomic mass is 32.2. The molecule has 1 fully saturated rings. The van der Waals surface area contributed by atoms with E-state index in [0.717, 1.165) is 16.3 Å². The molecule has 2 heterocycles. The molecule has 1 unspecified atom stereocenters. The average molecular weight is 288 g/mol. The fourth-order valence-corrected chi connectivity index (χ4v) is 3.90. The standard InChI is InChI=1S/C14H12N2OS2/c1-8-2-4-9(5-3-8)10-6-19-14(16-10)12-11(17)7-18-13(12)15/h2-6,12,15H,7H2,1H3. The van der Waals surface area contributed by atoms with E-state index in [1.807, 2.05) is 36.6 Å². The second kappa shape index (κ2) is 4.90.